The van der Waals surface area contributed by atoms with Gasteiger partial charge in [0, 0.05) is 25.2 Å². The van der Waals surface area contributed by atoms with Crippen LogP contribution >= 0.6 is 0 Å². The van der Waals surface area contributed by atoms with Crippen molar-refractivity contribution in [1.29, 1.82) is 0 Å². The number of hydrogen-bond acceptors (Lipinski definition) is 2. The minimum Gasteiger partial charge on any atom is -0.345 e. The van der Waals surface area contributed by atoms with Crippen LogP contribution in [-0.4, -0.2) is 13.1 Å². The first-order chi connectivity index (χ1) is 3.91. The molecule has 0 rings (SSSR count). The molecule has 0 saturated carbocycles. The lowest BCUT2D eigenvalue weighted by atomic mass is 10.7. The van der Waals surface area contributed by atoms with E-state index in [1.54, 1.807) is 0 Å². The lowest BCUT2D eigenvalue weighted by molar-refractivity contribution is 0.922. The Balaban J connectivity index is 2.95. The van der Waals surface area contributed by atoms with Gasteiger partial charge in [-0.3, -0.25) is 0 Å². The molecule has 2 heteroatoms. The molecule has 0 spiro atoms. The fourth-order valence-corrected chi connectivity index (χ4v) is 0.265. The van der Waals surface area contributed by atoms with Gasteiger partial charge in [0.05, 0.1) is 0 Å². The summed E-state index contributed by atoms with van der Waals surface area (Å²) in [6.45, 7) is 5.83. The molecule has 0 aromatic rings. The molecule has 0 amide bonds. The highest BCUT2D eigenvalue weighted by atomic mass is 14.9. The van der Waals surface area contributed by atoms with E-state index in [1.165, 1.54) is 0 Å². The van der Waals surface area contributed by atoms with Crippen LogP contribution in [0.5, 0.6) is 0 Å². The van der Waals surface area contributed by atoms with E-state index in [1.807, 2.05) is 13.8 Å². The van der Waals surface area contributed by atoms with Crippen molar-refractivity contribution in [2.45, 2.75) is 13.8 Å². The largest absolute Gasteiger partial charge is 0.345 e. The molecule has 0 aliphatic rings. The molecule has 0 fully saturated rings. The summed E-state index contributed by atoms with van der Waals surface area (Å²) in [5.74, 6) is 0. The van der Waals surface area contributed by atoms with E-state index < -0.39 is 0 Å². The number of hydrogen-bond donors (Lipinski definition) is 2. The molecule has 0 bridgehead atoms. The molecule has 46 valence electrons. The van der Waals surface area contributed by atoms with Crippen LogP contribution < -0.4 is 10.6 Å². The summed E-state index contributed by atoms with van der Waals surface area (Å²) >= 11 is 0. The van der Waals surface area contributed by atoms with E-state index >= 15 is 0 Å². The van der Waals surface area contributed by atoms with Crippen molar-refractivity contribution in [3.63, 3.8) is 0 Å². The maximum absolute atomic E-state index is 2.86. The molecule has 8 heavy (non-hydrogen) atoms. The van der Waals surface area contributed by atoms with E-state index in [2.05, 4.69) is 22.7 Å². The quantitative estimate of drug-likeness (QED) is 0.392. The lowest BCUT2D eigenvalue weighted by Crippen LogP contribution is -2.08. The van der Waals surface area contributed by atoms with Crippen molar-refractivity contribution in [3.05, 3.63) is 0 Å². The summed E-state index contributed by atoms with van der Waals surface area (Å²) in [6, 6.07) is 5.45. The topological polar surface area (TPSA) is 24.1 Å². The van der Waals surface area contributed by atoms with Crippen LogP contribution in [-0.2, 0) is 0 Å². The first-order valence-corrected chi connectivity index (χ1v) is 2.87. The van der Waals surface area contributed by atoms with Crippen LogP contribution in [0, 0.1) is 12.1 Å². The van der Waals surface area contributed by atoms with Crippen LogP contribution in [0.15, 0.2) is 0 Å². The lowest BCUT2D eigenvalue weighted by Gasteiger charge is -1.86. The third-order valence-corrected chi connectivity index (χ3v) is 0.593. The third kappa shape index (κ3) is 5.16. The summed E-state index contributed by atoms with van der Waals surface area (Å²) in [6.07, 6.45) is 0. The second kappa shape index (κ2) is 6.16. The minimum absolute atomic E-state index is 0.901. The Kier molecular flexibility index (Phi) is 5.51. The van der Waals surface area contributed by atoms with Gasteiger partial charge >= 0.3 is 0 Å². The second-order valence-corrected chi connectivity index (χ2v) is 1.31. The highest BCUT2D eigenvalue weighted by molar-refractivity contribution is 4.93. The van der Waals surface area contributed by atoms with Crippen molar-refractivity contribution < 1.29 is 0 Å². The maximum atomic E-state index is 2.86. The minimum atomic E-state index is 0.901. The van der Waals surface area contributed by atoms with E-state index in [-0.39, 0.29) is 0 Å². The zero-order chi connectivity index (χ0) is 6.24. The van der Waals surface area contributed by atoms with Crippen LogP contribution in [0.25, 0.3) is 0 Å². The normalized spacial score (nSPS) is 6.75. The number of nitrogens with one attached hydrogen (secondary N) is 2. The molecular formula is C6H12N2. The molecule has 0 radical (unpaired) electrons. The van der Waals surface area contributed by atoms with Crippen LogP contribution in [0.4, 0.5) is 0 Å². The number of rotatable bonds is 2. The van der Waals surface area contributed by atoms with Crippen molar-refractivity contribution in [2.75, 3.05) is 13.1 Å². The molecule has 0 heterocycles. The second-order valence-electron chi connectivity index (χ2n) is 1.31. The van der Waals surface area contributed by atoms with Gasteiger partial charge in [0.15, 0.2) is 0 Å². The Labute approximate surface area is 50.7 Å². The average Bonchev–Trinajstić information content (AvgIpc) is 1.81. The summed E-state index contributed by atoms with van der Waals surface area (Å²) in [7, 11) is 0. The average molecular weight is 112 g/mol. The summed E-state index contributed by atoms with van der Waals surface area (Å²) < 4.78 is 0. The van der Waals surface area contributed by atoms with E-state index in [0.29, 0.717) is 0 Å². The van der Waals surface area contributed by atoms with Gasteiger partial charge in [-0.1, -0.05) is 0 Å². The molecule has 0 atom stereocenters. The Bertz CT molecular complexity index is 78.4. The first-order valence-electron chi connectivity index (χ1n) is 2.87. The molecule has 0 aliphatic heterocycles. The van der Waals surface area contributed by atoms with Crippen molar-refractivity contribution >= 4 is 0 Å². The van der Waals surface area contributed by atoms with Gasteiger partial charge in [0.1, 0.15) is 0 Å². The van der Waals surface area contributed by atoms with E-state index in [0.717, 1.165) is 13.1 Å². The highest BCUT2D eigenvalue weighted by Crippen LogP contribution is 1.48. The third-order valence-electron chi connectivity index (χ3n) is 0.593. The van der Waals surface area contributed by atoms with Crippen molar-refractivity contribution in [3.8, 4) is 12.1 Å². The Morgan fingerprint density at radius 2 is 1.38 bits per heavy atom. The highest BCUT2D eigenvalue weighted by Gasteiger charge is 1.63. The van der Waals surface area contributed by atoms with E-state index in [4.69, 9.17) is 0 Å². The fraction of sp³-hybridized carbons (Fsp3) is 0.667. The summed E-state index contributed by atoms with van der Waals surface area (Å²) in [5, 5.41) is 5.72. The molecule has 0 unspecified atom stereocenters. The van der Waals surface area contributed by atoms with Gasteiger partial charge < -0.3 is 10.6 Å². The maximum Gasteiger partial charge on any atom is 0.0276 e. The Hall–Kier alpha value is -0.840. The van der Waals surface area contributed by atoms with Gasteiger partial charge in [-0.2, -0.15) is 0 Å². The predicted octanol–water partition coefficient (Wildman–Crippen LogP) is 0.124. The zero-order valence-corrected chi connectivity index (χ0v) is 5.41. The van der Waals surface area contributed by atoms with Crippen molar-refractivity contribution in [1.82, 2.24) is 10.6 Å². The van der Waals surface area contributed by atoms with Gasteiger partial charge in [-0.25, -0.2) is 0 Å². The predicted molar refractivity (Wildman–Crippen MR) is 35.1 cm³/mol. The molecule has 2 nitrogen and oxygen atoms in total. The molecule has 0 aromatic heterocycles. The first kappa shape index (κ1) is 7.16. The zero-order valence-electron chi connectivity index (χ0n) is 5.41. The molecule has 0 saturated heterocycles. The van der Waals surface area contributed by atoms with Crippen LogP contribution in [0.2, 0.25) is 0 Å². The monoisotopic (exact) mass is 112 g/mol. The van der Waals surface area contributed by atoms with Crippen molar-refractivity contribution in [2.24, 2.45) is 0 Å². The van der Waals surface area contributed by atoms with Crippen LogP contribution in [0.3, 0.4) is 0 Å². The van der Waals surface area contributed by atoms with Gasteiger partial charge in [0.2, 0.25) is 0 Å². The molecule has 0 aliphatic carbocycles. The van der Waals surface area contributed by atoms with E-state index in [9.17, 15) is 0 Å². The molecule has 0 aromatic carbocycles. The SMILES string of the molecule is CCNC#CNCC. The summed E-state index contributed by atoms with van der Waals surface area (Å²) in [5.41, 5.74) is 0. The molecule has 2 N–H and O–H groups in total. The Morgan fingerprint density at radius 1 is 1.00 bits per heavy atom. The van der Waals surface area contributed by atoms with Crippen LogP contribution in [0.1, 0.15) is 13.8 Å². The Morgan fingerprint density at radius 3 is 1.62 bits per heavy atom. The smallest absolute Gasteiger partial charge is 0.0276 e. The van der Waals surface area contributed by atoms with Gasteiger partial charge in [-0.05, 0) is 13.8 Å². The van der Waals surface area contributed by atoms with Gasteiger partial charge in [0.25, 0.3) is 0 Å². The fourth-order valence-electron chi connectivity index (χ4n) is 0.265. The summed E-state index contributed by atoms with van der Waals surface area (Å²) in [4.78, 5) is 0. The standard InChI is InChI=1S/C6H12N2/c1-3-7-5-6-8-4-2/h7-8H,3-4H2,1-2H3. The molecular weight excluding hydrogens is 100 g/mol. The van der Waals surface area contributed by atoms with Gasteiger partial charge in [-0.15, -0.1) is 0 Å².